The topological polar surface area (TPSA) is 50.4 Å². The Morgan fingerprint density at radius 2 is 1.76 bits per heavy atom. The van der Waals surface area contributed by atoms with Gasteiger partial charge in [-0.25, -0.2) is 0 Å². The summed E-state index contributed by atoms with van der Waals surface area (Å²) in [6, 6.07) is 23.5. The number of nitrogens with one attached hydrogen (secondary N) is 2. The third kappa shape index (κ3) is 6.34. The average Bonchev–Trinajstić information content (AvgIpc) is 2.73. The molecule has 3 rings (SSSR count). The van der Waals surface area contributed by atoms with E-state index in [1.165, 1.54) is 5.56 Å². The predicted octanol–water partition coefficient (Wildman–Crippen LogP) is 5.52. The molecule has 0 spiro atoms. The summed E-state index contributed by atoms with van der Waals surface area (Å²) in [4.78, 5) is 12.2. The Hall–Kier alpha value is -2.82. The van der Waals surface area contributed by atoms with Crippen LogP contribution in [0, 0.1) is 6.92 Å². The highest BCUT2D eigenvalue weighted by molar-refractivity contribution is 6.30. The maximum Gasteiger partial charge on any atom is 0.262 e. The van der Waals surface area contributed by atoms with Crippen LogP contribution < -0.4 is 15.4 Å². The lowest BCUT2D eigenvalue weighted by molar-refractivity contribution is -0.118. The number of rotatable bonds is 8. The van der Waals surface area contributed by atoms with Gasteiger partial charge < -0.3 is 15.4 Å². The van der Waals surface area contributed by atoms with E-state index in [4.69, 9.17) is 16.3 Å². The second-order valence-electron chi connectivity index (χ2n) is 6.97. The maximum atomic E-state index is 12.2. The summed E-state index contributed by atoms with van der Waals surface area (Å²) in [6.45, 7) is 4.61. The van der Waals surface area contributed by atoms with Gasteiger partial charge in [0.15, 0.2) is 6.61 Å². The van der Waals surface area contributed by atoms with E-state index < -0.39 is 0 Å². The number of ether oxygens (including phenoxy) is 1. The molecule has 1 amide bonds. The zero-order valence-corrected chi connectivity index (χ0v) is 17.4. The van der Waals surface area contributed by atoms with Crippen molar-refractivity contribution in [2.75, 3.05) is 11.9 Å². The first kappa shape index (κ1) is 20.9. The molecule has 3 aromatic carbocycles. The average molecular weight is 409 g/mol. The first-order valence-corrected chi connectivity index (χ1v) is 9.95. The van der Waals surface area contributed by atoms with Crippen molar-refractivity contribution < 1.29 is 9.53 Å². The van der Waals surface area contributed by atoms with Crippen molar-refractivity contribution in [3.05, 3.63) is 94.5 Å². The van der Waals surface area contributed by atoms with Gasteiger partial charge in [0.1, 0.15) is 5.75 Å². The first-order chi connectivity index (χ1) is 14.0. The Bertz CT molecular complexity index is 943. The summed E-state index contributed by atoms with van der Waals surface area (Å²) < 4.78 is 5.78. The third-order valence-corrected chi connectivity index (χ3v) is 4.85. The van der Waals surface area contributed by atoms with Crippen molar-refractivity contribution in [3.63, 3.8) is 0 Å². The largest absolute Gasteiger partial charge is 0.483 e. The minimum Gasteiger partial charge on any atom is -0.483 e. The summed E-state index contributed by atoms with van der Waals surface area (Å²) >= 11 is 6.17. The molecule has 0 aliphatic rings. The van der Waals surface area contributed by atoms with Crippen LogP contribution in [0.3, 0.4) is 0 Å². The number of benzene rings is 3. The number of aryl methyl sites for hydroxylation is 1. The molecule has 1 unspecified atom stereocenters. The molecule has 0 saturated heterocycles. The summed E-state index contributed by atoms with van der Waals surface area (Å²) in [5.41, 5.74) is 4.00. The Balaban J connectivity index is 1.59. The zero-order valence-electron chi connectivity index (χ0n) is 16.6. The van der Waals surface area contributed by atoms with Gasteiger partial charge in [-0.3, -0.25) is 4.79 Å². The molecular weight excluding hydrogens is 384 g/mol. The Morgan fingerprint density at radius 3 is 2.48 bits per heavy atom. The van der Waals surface area contributed by atoms with Crippen molar-refractivity contribution >= 4 is 23.2 Å². The van der Waals surface area contributed by atoms with E-state index in [9.17, 15) is 4.79 Å². The van der Waals surface area contributed by atoms with Crippen molar-refractivity contribution in [1.29, 1.82) is 0 Å². The molecule has 0 bridgehead atoms. The number of carbonyl (C=O) groups excluding carboxylic acids is 1. The quantitative estimate of drug-likeness (QED) is 0.516. The van der Waals surface area contributed by atoms with Gasteiger partial charge in [-0.15, -0.1) is 0 Å². The van der Waals surface area contributed by atoms with Gasteiger partial charge in [0.2, 0.25) is 0 Å². The van der Waals surface area contributed by atoms with Crippen molar-refractivity contribution in [1.82, 2.24) is 5.32 Å². The summed E-state index contributed by atoms with van der Waals surface area (Å²) in [5, 5.41) is 6.94. The van der Waals surface area contributed by atoms with Gasteiger partial charge >= 0.3 is 0 Å². The van der Waals surface area contributed by atoms with E-state index in [2.05, 4.69) is 29.7 Å². The fraction of sp³-hybridized carbons (Fsp3) is 0.208. The van der Waals surface area contributed by atoms with Gasteiger partial charge in [0.05, 0.1) is 0 Å². The van der Waals surface area contributed by atoms with Crippen LogP contribution in [0.4, 0.5) is 5.69 Å². The first-order valence-electron chi connectivity index (χ1n) is 9.57. The lowest BCUT2D eigenvalue weighted by Crippen LogP contribution is -2.22. The molecule has 0 radical (unpaired) electrons. The standard InChI is InChI=1S/C24H25ClN2O2/c1-17-8-11-22(12-9-17)27-24(28)16-29-23-13-10-21(25)14-20(23)15-26-18(2)19-6-4-3-5-7-19/h3-14,18,26H,15-16H2,1-2H3,(H,27,28). The van der Waals surface area contributed by atoms with Crippen molar-refractivity contribution in [2.24, 2.45) is 0 Å². The molecule has 0 aliphatic carbocycles. The van der Waals surface area contributed by atoms with Gasteiger partial charge in [-0.2, -0.15) is 0 Å². The minimum absolute atomic E-state index is 0.0727. The number of hydrogen-bond donors (Lipinski definition) is 2. The highest BCUT2D eigenvalue weighted by Gasteiger charge is 2.11. The molecule has 0 saturated carbocycles. The lowest BCUT2D eigenvalue weighted by Gasteiger charge is -2.17. The summed E-state index contributed by atoms with van der Waals surface area (Å²) in [6.07, 6.45) is 0. The van der Waals surface area contributed by atoms with Gasteiger partial charge in [0, 0.05) is 28.9 Å². The maximum absolute atomic E-state index is 12.2. The molecule has 150 valence electrons. The number of anilines is 1. The summed E-state index contributed by atoms with van der Waals surface area (Å²) in [7, 11) is 0. The SMILES string of the molecule is Cc1ccc(NC(=O)COc2ccc(Cl)cc2CNC(C)c2ccccc2)cc1. The van der Waals surface area contributed by atoms with Crippen LogP contribution in [0.1, 0.15) is 29.7 Å². The third-order valence-electron chi connectivity index (χ3n) is 4.61. The molecule has 4 nitrogen and oxygen atoms in total. The molecule has 29 heavy (non-hydrogen) atoms. The Labute approximate surface area is 176 Å². The Kier molecular flexibility index (Phi) is 7.28. The Morgan fingerprint density at radius 1 is 1.03 bits per heavy atom. The minimum atomic E-state index is -0.208. The molecule has 0 fully saturated rings. The molecular formula is C24H25ClN2O2. The second-order valence-corrected chi connectivity index (χ2v) is 7.40. The number of halogens is 1. The highest BCUT2D eigenvalue weighted by atomic mass is 35.5. The van der Waals surface area contributed by atoms with Crippen molar-refractivity contribution in [3.8, 4) is 5.75 Å². The van der Waals surface area contributed by atoms with E-state index in [0.29, 0.717) is 17.3 Å². The van der Waals surface area contributed by atoms with Crippen LogP contribution >= 0.6 is 11.6 Å². The van der Waals surface area contributed by atoms with Crippen LogP contribution in [-0.4, -0.2) is 12.5 Å². The fourth-order valence-corrected chi connectivity index (χ4v) is 3.12. The number of hydrogen-bond acceptors (Lipinski definition) is 3. The molecule has 1 atom stereocenters. The van der Waals surface area contributed by atoms with E-state index >= 15 is 0 Å². The van der Waals surface area contributed by atoms with E-state index in [-0.39, 0.29) is 18.6 Å². The smallest absolute Gasteiger partial charge is 0.262 e. The lowest BCUT2D eigenvalue weighted by atomic mass is 10.1. The molecule has 0 heterocycles. The van der Waals surface area contributed by atoms with Crippen molar-refractivity contribution in [2.45, 2.75) is 26.4 Å². The van der Waals surface area contributed by atoms with E-state index in [1.807, 2.05) is 55.5 Å². The molecule has 3 aromatic rings. The molecule has 0 aliphatic heterocycles. The monoisotopic (exact) mass is 408 g/mol. The van der Waals surface area contributed by atoms with Gasteiger partial charge in [-0.05, 0) is 49.7 Å². The second kappa shape index (κ2) is 10.1. The van der Waals surface area contributed by atoms with E-state index in [1.54, 1.807) is 12.1 Å². The van der Waals surface area contributed by atoms with E-state index in [0.717, 1.165) is 16.8 Å². The van der Waals surface area contributed by atoms with Gasteiger partial charge in [0.25, 0.3) is 5.91 Å². The zero-order chi connectivity index (χ0) is 20.6. The number of carbonyl (C=O) groups is 1. The summed E-state index contributed by atoms with van der Waals surface area (Å²) in [5.74, 6) is 0.432. The predicted molar refractivity (Wildman–Crippen MR) is 118 cm³/mol. The molecule has 5 heteroatoms. The number of amides is 1. The van der Waals surface area contributed by atoms with Crippen LogP contribution in [0.5, 0.6) is 5.75 Å². The van der Waals surface area contributed by atoms with Crippen LogP contribution in [0.15, 0.2) is 72.8 Å². The molecule has 2 N–H and O–H groups in total. The van der Waals surface area contributed by atoms with Crippen LogP contribution in [0.25, 0.3) is 0 Å². The van der Waals surface area contributed by atoms with Gasteiger partial charge in [-0.1, -0.05) is 59.6 Å². The normalized spacial score (nSPS) is 11.7. The highest BCUT2D eigenvalue weighted by Crippen LogP contribution is 2.24. The van der Waals surface area contributed by atoms with Crippen LogP contribution in [-0.2, 0) is 11.3 Å². The van der Waals surface area contributed by atoms with Crippen LogP contribution in [0.2, 0.25) is 5.02 Å². The molecule has 0 aromatic heterocycles. The fourth-order valence-electron chi connectivity index (χ4n) is 2.93.